The van der Waals surface area contributed by atoms with Gasteiger partial charge in [-0.15, -0.1) is 16.8 Å². The lowest BCUT2D eigenvalue weighted by atomic mass is 10.2. The Labute approximate surface area is 167 Å². The molecule has 1 aliphatic rings. The summed E-state index contributed by atoms with van der Waals surface area (Å²) in [6.45, 7) is 4.83. The number of allylic oxidation sites excluding steroid dienone is 1. The Balaban J connectivity index is 1.56. The molecule has 7 heteroatoms. The molecule has 0 radical (unpaired) electrons. The molecule has 4 rings (SSSR count). The topological polar surface area (TPSA) is 49.2 Å². The Kier molecular flexibility index (Phi) is 5.36. The summed E-state index contributed by atoms with van der Waals surface area (Å²) in [5, 5.41) is 10.3. The van der Waals surface area contributed by atoms with Crippen LogP contribution in [0, 0.1) is 0 Å². The van der Waals surface area contributed by atoms with Gasteiger partial charge in [0.2, 0.25) is 0 Å². The molecule has 1 aromatic heterocycles. The zero-order valence-electron chi connectivity index (χ0n) is 14.5. The van der Waals surface area contributed by atoms with Crippen molar-refractivity contribution in [2.24, 2.45) is 0 Å². The highest BCUT2D eigenvalue weighted by atomic mass is 35.5. The maximum Gasteiger partial charge on any atom is 0.192 e. The Bertz CT molecular complexity index is 960. The third-order valence-corrected chi connectivity index (χ3v) is 5.55. The molecule has 0 amide bonds. The number of hydrogen-bond acceptors (Lipinski definition) is 5. The van der Waals surface area contributed by atoms with Gasteiger partial charge in [-0.1, -0.05) is 59.8 Å². The summed E-state index contributed by atoms with van der Waals surface area (Å²) in [7, 11) is 0. The van der Waals surface area contributed by atoms with Crippen LogP contribution in [0.2, 0.25) is 5.02 Å². The molecule has 0 fully saturated rings. The highest BCUT2D eigenvalue weighted by Crippen LogP contribution is 2.36. The maximum absolute atomic E-state index is 6.26. The van der Waals surface area contributed by atoms with Crippen LogP contribution in [-0.4, -0.2) is 21.4 Å². The van der Waals surface area contributed by atoms with Gasteiger partial charge < -0.3 is 9.47 Å². The molecule has 2 aromatic carbocycles. The summed E-state index contributed by atoms with van der Waals surface area (Å²) in [4.78, 5) is 0. The average Bonchev–Trinajstić information content (AvgIpc) is 3.10. The summed E-state index contributed by atoms with van der Waals surface area (Å²) in [5.74, 6) is 2.90. The summed E-state index contributed by atoms with van der Waals surface area (Å²) < 4.78 is 13.9. The Morgan fingerprint density at radius 1 is 1.15 bits per heavy atom. The molecule has 0 spiro atoms. The summed E-state index contributed by atoms with van der Waals surface area (Å²) in [6, 6.07) is 15.4. The van der Waals surface area contributed by atoms with Crippen LogP contribution in [0.1, 0.15) is 17.5 Å². The minimum Gasteiger partial charge on any atom is -0.485 e. The average molecular weight is 400 g/mol. The fourth-order valence-corrected chi connectivity index (χ4v) is 4.09. The number of fused-ring (bicyclic) bond motifs is 1. The smallest absolute Gasteiger partial charge is 0.192 e. The Morgan fingerprint density at radius 2 is 1.93 bits per heavy atom. The van der Waals surface area contributed by atoms with Crippen molar-refractivity contribution in [2.45, 2.75) is 23.6 Å². The monoisotopic (exact) mass is 399 g/mol. The zero-order valence-corrected chi connectivity index (χ0v) is 16.1. The molecule has 0 N–H and O–H groups in total. The van der Waals surface area contributed by atoms with Crippen LogP contribution in [0.3, 0.4) is 0 Å². The van der Waals surface area contributed by atoms with Gasteiger partial charge in [-0.25, -0.2) is 0 Å². The SMILES string of the molecule is C=CCn1c(SCc2ccccc2Cl)nnc1C1COc2ccccc2O1. The molecule has 5 nitrogen and oxygen atoms in total. The van der Waals surface area contributed by atoms with Gasteiger partial charge in [0.05, 0.1) is 0 Å². The van der Waals surface area contributed by atoms with Crippen molar-refractivity contribution in [3.8, 4) is 11.5 Å². The van der Waals surface area contributed by atoms with Gasteiger partial charge in [-0.3, -0.25) is 4.57 Å². The number of ether oxygens (including phenoxy) is 2. The third kappa shape index (κ3) is 3.82. The van der Waals surface area contributed by atoms with Crippen molar-refractivity contribution >= 4 is 23.4 Å². The summed E-state index contributed by atoms with van der Waals surface area (Å²) >= 11 is 7.84. The summed E-state index contributed by atoms with van der Waals surface area (Å²) in [5.41, 5.74) is 1.06. The molecule has 0 saturated carbocycles. The summed E-state index contributed by atoms with van der Waals surface area (Å²) in [6.07, 6.45) is 1.51. The van der Waals surface area contributed by atoms with Crippen LogP contribution in [0.15, 0.2) is 66.3 Å². The van der Waals surface area contributed by atoms with Crippen LogP contribution in [0.25, 0.3) is 0 Å². The second-order valence-corrected chi connectivity index (χ2v) is 7.33. The van der Waals surface area contributed by atoms with Gasteiger partial charge in [0.1, 0.15) is 6.61 Å². The number of benzene rings is 2. The second-order valence-electron chi connectivity index (χ2n) is 5.98. The van der Waals surface area contributed by atoms with E-state index in [9.17, 15) is 0 Å². The Morgan fingerprint density at radius 3 is 2.74 bits per heavy atom. The number of halogens is 1. The van der Waals surface area contributed by atoms with E-state index in [4.69, 9.17) is 21.1 Å². The lowest BCUT2D eigenvalue weighted by molar-refractivity contribution is 0.0821. The lowest BCUT2D eigenvalue weighted by Crippen LogP contribution is -2.25. The molecule has 1 aliphatic heterocycles. The fourth-order valence-electron chi connectivity index (χ4n) is 2.85. The highest BCUT2D eigenvalue weighted by molar-refractivity contribution is 7.98. The number of rotatable bonds is 6. The molecular formula is C20H18ClN3O2S. The first kappa shape index (κ1) is 17.9. The van der Waals surface area contributed by atoms with E-state index in [0.29, 0.717) is 24.7 Å². The molecule has 1 atom stereocenters. The van der Waals surface area contributed by atoms with Gasteiger partial charge in [0.25, 0.3) is 0 Å². The first-order chi connectivity index (χ1) is 13.3. The number of nitrogens with zero attached hydrogens (tertiary/aromatic N) is 3. The number of aromatic nitrogens is 3. The van der Waals surface area contributed by atoms with Crippen molar-refractivity contribution in [2.75, 3.05) is 6.61 Å². The van der Waals surface area contributed by atoms with E-state index in [1.165, 1.54) is 0 Å². The number of hydrogen-bond donors (Lipinski definition) is 0. The number of para-hydroxylation sites is 2. The van der Waals surface area contributed by atoms with Gasteiger partial charge in [-0.2, -0.15) is 0 Å². The molecular weight excluding hydrogens is 382 g/mol. The van der Waals surface area contributed by atoms with Crippen molar-refractivity contribution in [1.82, 2.24) is 14.8 Å². The van der Waals surface area contributed by atoms with E-state index in [0.717, 1.165) is 27.3 Å². The molecule has 138 valence electrons. The zero-order chi connectivity index (χ0) is 18.6. The molecule has 2 heterocycles. The van der Waals surface area contributed by atoms with Crippen molar-refractivity contribution in [1.29, 1.82) is 0 Å². The normalized spacial score (nSPS) is 15.5. The maximum atomic E-state index is 6.26. The third-order valence-electron chi connectivity index (χ3n) is 4.17. The predicted molar refractivity (Wildman–Crippen MR) is 107 cm³/mol. The van der Waals surface area contributed by atoms with Crippen LogP contribution in [0.5, 0.6) is 11.5 Å². The van der Waals surface area contributed by atoms with Crippen LogP contribution in [-0.2, 0) is 12.3 Å². The molecule has 1 unspecified atom stereocenters. The minimum absolute atomic E-state index is 0.318. The minimum atomic E-state index is -0.318. The number of thioether (sulfide) groups is 1. The van der Waals surface area contributed by atoms with Gasteiger partial charge in [0, 0.05) is 17.3 Å². The molecule has 0 saturated heterocycles. The van der Waals surface area contributed by atoms with Crippen molar-refractivity contribution in [3.05, 3.63) is 77.6 Å². The standard InChI is InChI=1S/C20H18ClN3O2S/c1-2-11-24-19(18-12-25-16-9-5-6-10-17(16)26-18)22-23-20(24)27-13-14-7-3-4-8-15(14)21/h2-10,18H,1,11-13H2. The van der Waals surface area contributed by atoms with E-state index >= 15 is 0 Å². The fraction of sp³-hybridized carbons (Fsp3) is 0.200. The van der Waals surface area contributed by atoms with E-state index in [2.05, 4.69) is 16.8 Å². The van der Waals surface area contributed by atoms with Crippen LogP contribution < -0.4 is 9.47 Å². The molecule has 3 aromatic rings. The highest BCUT2D eigenvalue weighted by Gasteiger charge is 2.28. The molecule has 0 bridgehead atoms. The van der Waals surface area contributed by atoms with Crippen LogP contribution in [0.4, 0.5) is 0 Å². The Hall–Kier alpha value is -2.44. The van der Waals surface area contributed by atoms with E-state index in [1.54, 1.807) is 11.8 Å². The van der Waals surface area contributed by atoms with Gasteiger partial charge in [-0.05, 0) is 23.8 Å². The molecule has 27 heavy (non-hydrogen) atoms. The lowest BCUT2D eigenvalue weighted by Gasteiger charge is -2.26. The van der Waals surface area contributed by atoms with Gasteiger partial charge >= 0.3 is 0 Å². The van der Waals surface area contributed by atoms with Crippen LogP contribution >= 0.6 is 23.4 Å². The van der Waals surface area contributed by atoms with E-state index in [-0.39, 0.29) is 6.10 Å². The van der Waals surface area contributed by atoms with Crippen molar-refractivity contribution < 1.29 is 9.47 Å². The largest absolute Gasteiger partial charge is 0.485 e. The second kappa shape index (κ2) is 8.06. The molecule has 0 aliphatic carbocycles. The van der Waals surface area contributed by atoms with E-state index in [1.807, 2.05) is 59.2 Å². The van der Waals surface area contributed by atoms with E-state index < -0.39 is 0 Å². The first-order valence-electron chi connectivity index (χ1n) is 8.55. The quantitative estimate of drug-likeness (QED) is 0.435. The first-order valence-corrected chi connectivity index (χ1v) is 9.91. The van der Waals surface area contributed by atoms with Crippen molar-refractivity contribution in [3.63, 3.8) is 0 Å². The van der Waals surface area contributed by atoms with Gasteiger partial charge in [0.15, 0.2) is 28.6 Å². The predicted octanol–water partition coefficient (Wildman–Crippen LogP) is 4.92.